The molecule has 1 fully saturated rings. The van der Waals surface area contributed by atoms with Gasteiger partial charge in [0.1, 0.15) is 65.8 Å². The van der Waals surface area contributed by atoms with Gasteiger partial charge in [0.05, 0.1) is 67.5 Å². The van der Waals surface area contributed by atoms with Gasteiger partial charge in [-0.2, -0.15) is 0 Å². The lowest BCUT2D eigenvalue weighted by Crippen LogP contribution is -2.33. The number of hydrogen-bond donors (Lipinski definition) is 5. The Morgan fingerprint density at radius 3 is 1.73 bits per heavy atom. The van der Waals surface area contributed by atoms with E-state index in [0.717, 1.165) is 57.9 Å². The maximum Gasteiger partial charge on any atom is 0.163 e. The minimum absolute atomic E-state index is 0.0509. The molecule has 4 unspecified atom stereocenters. The van der Waals surface area contributed by atoms with E-state index in [1.807, 2.05) is 53.7 Å². The van der Waals surface area contributed by atoms with Crippen LogP contribution in [0.3, 0.4) is 0 Å². The summed E-state index contributed by atoms with van der Waals surface area (Å²) in [5.74, 6) is 3.58. The van der Waals surface area contributed by atoms with Gasteiger partial charge in [0.15, 0.2) is 11.6 Å². The molecule has 5 aromatic heterocycles. The Balaban J connectivity index is 0.000000209. The van der Waals surface area contributed by atoms with Crippen molar-refractivity contribution in [3.8, 4) is 68.0 Å². The number of halogens is 2. The molecule has 1 aliphatic heterocycles. The number of anilines is 1. The maximum absolute atomic E-state index is 15.1. The lowest BCUT2D eigenvalue weighted by Gasteiger charge is -2.29. The Morgan fingerprint density at radius 1 is 0.704 bits per heavy atom. The first kappa shape index (κ1) is 52.5. The molecule has 18 nitrogen and oxygen atoms in total. The highest BCUT2D eigenvalue weighted by Gasteiger charge is 2.27. The summed E-state index contributed by atoms with van der Waals surface area (Å²) in [4.78, 5) is 19.3. The average Bonchev–Trinajstić information content (AvgIpc) is 3.98. The fourth-order valence-corrected chi connectivity index (χ4v) is 8.72. The molecule has 8 rings (SSSR count). The first-order valence-corrected chi connectivity index (χ1v) is 23.8. The highest BCUT2D eigenvalue weighted by atomic mass is 35.5. The topological polar surface area (TPSA) is 234 Å². The third-order valence-corrected chi connectivity index (χ3v) is 12.5. The molecule has 1 aliphatic rings. The Hall–Kier alpha value is -6.35. The largest absolute Gasteiger partial charge is 0.491 e. The van der Waals surface area contributed by atoms with Crippen molar-refractivity contribution in [2.45, 2.75) is 99.5 Å². The van der Waals surface area contributed by atoms with Crippen molar-refractivity contribution in [2.24, 2.45) is 0 Å². The molecule has 0 amide bonds. The van der Waals surface area contributed by atoms with Crippen LogP contribution in [-0.2, 0) is 4.74 Å². The molecule has 6 heterocycles. The van der Waals surface area contributed by atoms with Gasteiger partial charge in [0.25, 0.3) is 0 Å². The number of aliphatic hydroxyl groups is 2. The molecule has 0 spiro atoms. The summed E-state index contributed by atoms with van der Waals surface area (Å²) in [6.07, 6.45) is 0.596. The molecule has 0 bridgehead atoms. The van der Waals surface area contributed by atoms with Crippen molar-refractivity contribution in [3.63, 3.8) is 0 Å². The fraction of sp³-hybridized carbons (Fsp3) is 0.431. The van der Waals surface area contributed by atoms with E-state index in [1.54, 1.807) is 34.0 Å². The van der Waals surface area contributed by atoms with Crippen molar-refractivity contribution in [1.29, 1.82) is 0 Å². The van der Waals surface area contributed by atoms with Crippen LogP contribution in [0.2, 0.25) is 5.02 Å². The lowest BCUT2D eigenvalue weighted by atomic mass is 9.99. The van der Waals surface area contributed by atoms with Crippen LogP contribution in [0.5, 0.6) is 11.5 Å². The van der Waals surface area contributed by atoms with Gasteiger partial charge in [0.2, 0.25) is 0 Å². The normalized spacial score (nSPS) is 15.5. The van der Waals surface area contributed by atoms with Gasteiger partial charge in [-0.15, -0.1) is 0 Å². The van der Waals surface area contributed by atoms with Crippen molar-refractivity contribution in [3.05, 3.63) is 92.7 Å². The number of ether oxygens (including phenoxy) is 3. The highest BCUT2D eigenvalue weighted by molar-refractivity contribution is 6.34. The highest BCUT2D eigenvalue weighted by Crippen LogP contribution is 2.40. The number of rotatable bonds is 17. The van der Waals surface area contributed by atoms with E-state index in [-0.39, 0.29) is 36.7 Å². The van der Waals surface area contributed by atoms with Crippen LogP contribution in [0.1, 0.15) is 65.3 Å². The monoisotopic (exact) mass is 996 g/mol. The van der Waals surface area contributed by atoms with Gasteiger partial charge in [-0.3, -0.25) is 0 Å². The molecule has 7 aromatic rings. The minimum atomic E-state index is -0.707. The SMILES string of the molecule is CNCC(O)COc1ccc(F)c(-c2nc(-c3c(C)noc3C)c(C)c(-c3c(C)noc3C)n2)c1.CNCC(O)COc1cccc(-c2nc(NC3CCOC(C)C3)c(C)c(-c3c(C)noc3C)n2)c1Cl. The quantitative estimate of drug-likeness (QED) is 0.0576. The van der Waals surface area contributed by atoms with E-state index in [0.29, 0.717) is 87.7 Å². The second-order valence-corrected chi connectivity index (χ2v) is 18.1. The number of likely N-dealkylation sites (N-methyl/N-ethyl adjacent to an activating group) is 2. The van der Waals surface area contributed by atoms with Crippen molar-refractivity contribution < 1.29 is 42.4 Å². The average molecular weight is 998 g/mol. The van der Waals surface area contributed by atoms with Gasteiger partial charge in [0, 0.05) is 42.4 Å². The van der Waals surface area contributed by atoms with Crippen LogP contribution in [0.4, 0.5) is 10.2 Å². The molecule has 2 aromatic carbocycles. The number of aliphatic hydroxyl groups excluding tert-OH is 2. The van der Waals surface area contributed by atoms with Crippen LogP contribution < -0.4 is 25.4 Å². The summed E-state index contributed by atoms with van der Waals surface area (Å²) in [6.45, 7) is 18.7. The summed E-state index contributed by atoms with van der Waals surface area (Å²) in [5, 5.41) is 42.0. The van der Waals surface area contributed by atoms with Crippen LogP contribution >= 0.6 is 11.6 Å². The van der Waals surface area contributed by atoms with Crippen LogP contribution in [0.25, 0.3) is 56.5 Å². The predicted octanol–water partition coefficient (Wildman–Crippen LogP) is 8.41. The minimum Gasteiger partial charge on any atom is -0.491 e. The van der Waals surface area contributed by atoms with E-state index in [1.165, 1.54) is 18.2 Å². The first-order chi connectivity index (χ1) is 34.0. The van der Waals surface area contributed by atoms with Gasteiger partial charge in [-0.05, 0) is 120 Å². The molecular weight excluding hydrogens is 935 g/mol. The van der Waals surface area contributed by atoms with Crippen LogP contribution in [0, 0.1) is 61.2 Å². The molecule has 20 heteroatoms. The molecule has 0 aliphatic carbocycles. The second-order valence-electron chi connectivity index (χ2n) is 17.7. The summed E-state index contributed by atoms with van der Waals surface area (Å²) in [7, 11) is 3.51. The third-order valence-electron chi connectivity index (χ3n) is 12.1. The van der Waals surface area contributed by atoms with Crippen molar-refractivity contribution in [2.75, 3.05) is 52.3 Å². The zero-order chi connectivity index (χ0) is 51.1. The zero-order valence-electron chi connectivity index (χ0n) is 42.0. The van der Waals surface area contributed by atoms with Crippen molar-refractivity contribution >= 4 is 17.4 Å². The fourth-order valence-electron chi connectivity index (χ4n) is 8.46. The molecule has 0 radical (unpaired) electrons. The molecular formula is C51H62ClFN10O8. The summed E-state index contributed by atoms with van der Waals surface area (Å²) in [5.41, 5.74) is 8.74. The molecule has 5 N–H and O–H groups in total. The lowest BCUT2D eigenvalue weighted by molar-refractivity contribution is 0.0231. The second kappa shape index (κ2) is 23.3. The molecule has 378 valence electrons. The number of aryl methyl sites for hydroxylation is 6. The predicted molar refractivity (Wildman–Crippen MR) is 267 cm³/mol. The molecule has 0 saturated carbocycles. The number of aromatic nitrogens is 7. The van der Waals surface area contributed by atoms with E-state index in [2.05, 4.69) is 38.3 Å². The standard InChI is InChI=1S/C26H34ClN5O4.C25H28FN5O4/c1-14-11-18(9-10-34-14)29-25-15(2)24(22-16(3)32-36-17(22)4)30-26(31-25)20-7-6-8-21(23(20)27)35-13-19(33)12-28-5;1-12-23(21-13(2)30-34-15(21)4)28-25(29-24(12)22-14(3)31-35-16(22)5)19-9-18(7-8-20(19)26)33-11-17(32)10-27-6/h6-8,14,18-19,28,33H,9-13H2,1-5H3,(H,29,30,31);7-9,17,27,32H,10-11H2,1-6H3. The Morgan fingerprint density at radius 2 is 1.23 bits per heavy atom. The van der Waals surface area contributed by atoms with Crippen molar-refractivity contribution in [1.82, 2.24) is 46.0 Å². The van der Waals surface area contributed by atoms with E-state index in [4.69, 9.17) is 59.3 Å². The summed E-state index contributed by atoms with van der Waals surface area (Å²) >= 11 is 6.78. The zero-order valence-corrected chi connectivity index (χ0v) is 42.7. The molecule has 4 atom stereocenters. The van der Waals surface area contributed by atoms with Gasteiger partial charge < -0.3 is 53.9 Å². The smallest absolute Gasteiger partial charge is 0.163 e. The van der Waals surface area contributed by atoms with Gasteiger partial charge in [-0.25, -0.2) is 24.3 Å². The number of hydrogen-bond acceptors (Lipinski definition) is 18. The summed E-state index contributed by atoms with van der Waals surface area (Å²) < 4.78 is 48.5. The van der Waals surface area contributed by atoms with Gasteiger partial charge >= 0.3 is 0 Å². The maximum atomic E-state index is 15.1. The first-order valence-electron chi connectivity index (χ1n) is 23.4. The third kappa shape index (κ3) is 12.1. The van der Waals surface area contributed by atoms with Crippen LogP contribution in [-0.4, -0.2) is 117 Å². The van der Waals surface area contributed by atoms with E-state index < -0.39 is 18.0 Å². The molecule has 1 saturated heterocycles. The number of nitrogens with one attached hydrogen (secondary N) is 3. The molecule has 71 heavy (non-hydrogen) atoms. The van der Waals surface area contributed by atoms with Gasteiger partial charge in [-0.1, -0.05) is 33.1 Å². The Labute approximate surface area is 417 Å². The summed E-state index contributed by atoms with van der Waals surface area (Å²) in [6, 6.07) is 10.0. The number of benzene rings is 2. The van der Waals surface area contributed by atoms with Crippen LogP contribution in [0.15, 0.2) is 50.0 Å². The number of nitrogens with zero attached hydrogens (tertiary/aromatic N) is 7. The van der Waals surface area contributed by atoms with E-state index >= 15 is 4.39 Å². The van der Waals surface area contributed by atoms with E-state index in [9.17, 15) is 10.2 Å². The Bertz CT molecular complexity index is 2830. The Kier molecular flexibility index (Phi) is 17.2.